The van der Waals surface area contributed by atoms with Crippen LogP contribution in [-0.2, 0) is 6.42 Å². The molecule has 2 heterocycles. The van der Waals surface area contributed by atoms with Crippen LogP contribution in [0, 0.1) is 5.82 Å². The average Bonchev–Trinajstić information content (AvgIpc) is 2.82. The standard InChI is InChI=1S/C17H18FNOS/c1-3-7-19-8-6-12-9-16(11(2)20)21-17(12)14-5-4-13(18)10-15(14)19/h3-5,9-11,20H,1,6-8H2,2H3. The summed E-state index contributed by atoms with van der Waals surface area (Å²) in [4.78, 5) is 4.26. The van der Waals surface area contributed by atoms with Gasteiger partial charge in [0.1, 0.15) is 5.82 Å². The second kappa shape index (κ2) is 5.62. The van der Waals surface area contributed by atoms with E-state index in [2.05, 4.69) is 17.5 Å². The quantitative estimate of drug-likeness (QED) is 0.861. The second-order valence-electron chi connectivity index (χ2n) is 5.33. The summed E-state index contributed by atoms with van der Waals surface area (Å²) < 4.78 is 13.7. The fraction of sp³-hybridized carbons (Fsp3) is 0.294. The molecule has 3 rings (SSSR count). The molecule has 4 heteroatoms. The van der Waals surface area contributed by atoms with Gasteiger partial charge in [-0.15, -0.1) is 17.9 Å². The molecule has 1 aliphatic rings. The van der Waals surface area contributed by atoms with Gasteiger partial charge >= 0.3 is 0 Å². The molecule has 1 N–H and O–H groups in total. The molecule has 1 atom stereocenters. The van der Waals surface area contributed by atoms with Gasteiger partial charge in [0.05, 0.1) is 6.10 Å². The van der Waals surface area contributed by atoms with Crippen LogP contribution >= 0.6 is 11.3 Å². The monoisotopic (exact) mass is 303 g/mol. The van der Waals surface area contributed by atoms with Gasteiger partial charge in [0, 0.05) is 34.1 Å². The fourth-order valence-electron chi connectivity index (χ4n) is 2.75. The maximum Gasteiger partial charge on any atom is 0.125 e. The summed E-state index contributed by atoms with van der Waals surface area (Å²) in [6.45, 7) is 7.10. The van der Waals surface area contributed by atoms with Crippen LogP contribution in [0.3, 0.4) is 0 Å². The molecule has 2 aromatic rings. The first-order chi connectivity index (χ1) is 10.1. The first-order valence-corrected chi connectivity index (χ1v) is 7.88. The average molecular weight is 303 g/mol. The molecular weight excluding hydrogens is 285 g/mol. The van der Waals surface area contributed by atoms with Crippen LogP contribution in [0.15, 0.2) is 36.9 Å². The van der Waals surface area contributed by atoms with E-state index >= 15 is 0 Å². The van der Waals surface area contributed by atoms with Crippen molar-refractivity contribution in [3.05, 3.63) is 53.2 Å². The smallest absolute Gasteiger partial charge is 0.125 e. The third-order valence-corrected chi connectivity index (χ3v) is 5.17. The number of aliphatic hydroxyl groups excluding tert-OH is 1. The highest BCUT2D eigenvalue weighted by atomic mass is 32.1. The van der Waals surface area contributed by atoms with Crippen LogP contribution in [0.2, 0.25) is 0 Å². The molecular formula is C17H18FNOS. The zero-order chi connectivity index (χ0) is 15.0. The van der Waals surface area contributed by atoms with E-state index in [1.807, 2.05) is 12.1 Å². The van der Waals surface area contributed by atoms with Gasteiger partial charge in [0.25, 0.3) is 0 Å². The Morgan fingerprint density at radius 3 is 3.00 bits per heavy atom. The van der Waals surface area contributed by atoms with Crippen LogP contribution in [0.1, 0.15) is 23.5 Å². The SMILES string of the molecule is C=CCN1CCc2cc(C(C)O)sc2-c2ccc(F)cc21. The van der Waals surface area contributed by atoms with Crippen molar-refractivity contribution in [2.75, 3.05) is 18.0 Å². The number of fused-ring (bicyclic) bond motifs is 3. The lowest BCUT2D eigenvalue weighted by atomic mass is 10.1. The fourth-order valence-corrected chi connectivity index (χ4v) is 3.93. The highest BCUT2D eigenvalue weighted by Gasteiger charge is 2.23. The van der Waals surface area contributed by atoms with Crippen molar-refractivity contribution in [3.8, 4) is 10.4 Å². The van der Waals surface area contributed by atoms with Crippen molar-refractivity contribution in [1.29, 1.82) is 0 Å². The molecule has 0 radical (unpaired) electrons. The van der Waals surface area contributed by atoms with Gasteiger partial charge in [0.15, 0.2) is 0 Å². The predicted molar refractivity (Wildman–Crippen MR) is 86.5 cm³/mol. The summed E-state index contributed by atoms with van der Waals surface area (Å²) in [6, 6.07) is 7.01. The Hall–Kier alpha value is -1.65. The zero-order valence-corrected chi connectivity index (χ0v) is 12.8. The lowest BCUT2D eigenvalue weighted by Crippen LogP contribution is -2.25. The molecule has 1 aliphatic heterocycles. The molecule has 110 valence electrons. The van der Waals surface area contributed by atoms with Crippen molar-refractivity contribution in [3.63, 3.8) is 0 Å². The minimum absolute atomic E-state index is 0.224. The number of rotatable bonds is 3. The summed E-state index contributed by atoms with van der Waals surface area (Å²) in [7, 11) is 0. The summed E-state index contributed by atoms with van der Waals surface area (Å²) >= 11 is 1.60. The molecule has 0 aliphatic carbocycles. The van der Waals surface area contributed by atoms with Crippen LogP contribution in [-0.4, -0.2) is 18.2 Å². The van der Waals surface area contributed by atoms with E-state index in [0.717, 1.165) is 34.0 Å². The molecule has 0 fully saturated rings. The molecule has 0 saturated carbocycles. The second-order valence-corrected chi connectivity index (χ2v) is 6.41. The van der Waals surface area contributed by atoms with Gasteiger partial charge in [-0.1, -0.05) is 6.08 Å². The molecule has 0 saturated heterocycles. The van der Waals surface area contributed by atoms with Crippen molar-refractivity contribution >= 4 is 17.0 Å². The van der Waals surface area contributed by atoms with E-state index in [1.54, 1.807) is 24.3 Å². The first kappa shape index (κ1) is 14.3. The molecule has 0 bridgehead atoms. The van der Waals surface area contributed by atoms with Gasteiger partial charge in [0.2, 0.25) is 0 Å². The van der Waals surface area contributed by atoms with Crippen LogP contribution < -0.4 is 4.90 Å². The molecule has 21 heavy (non-hydrogen) atoms. The Labute approximate surface area is 128 Å². The van der Waals surface area contributed by atoms with Gasteiger partial charge < -0.3 is 10.0 Å². The van der Waals surface area contributed by atoms with E-state index in [9.17, 15) is 9.50 Å². The number of nitrogens with zero attached hydrogens (tertiary/aromatic N) is 1. The van der Waals surface area contributed by atoms with Gasteiger partial charge in [-0.05, 0) is 43.2 Å². The van der Waals surface area contributed by atoms with Crippen LogP contribution in [0.4, 0.5) is 10.1 Å². The summed E-state index contributed by atoms with van der Waals surface area (Å²) in [6.07, 6.45) is 2.27. The molecule has 1 aromatic heterocycles. The van der Waals surface area contributed by atoms with E-state index in [1.165, 1.54) is 11.6 Å². The normalized spacial score (nSPS) is 15.1. The van der Waals surface area contributed by atoms with E-state index < -0.39 is 6.10 Å². The van der Waals surface area contributed by atoms with Crippen molar-refractivity contribution in [2.45, 2.75) is 19.4 Å². The Morgan fingerprint density at radius 1 is 1.48 bits per heavy atom. The topological polar surface area (TPSA) is 23.5 Å². The molecule has 1 aromatic carbocycles. The number of thiophene rings is 1. The number of anilines is 1. The van der Waals surface area contributed by atoms with Gasteiger partial charge in [-0.25, -0.2) is 4.39 Å². The van der Waals surface area contributed by atoms with E-state index in [4.69, 9.17) is 0 Å². The first-order valence-electron chi connectivity index (χ1n) is 7.06. The van der Waals surface area contributed by atoms with Crippen LogP contribution in [0.25, 0.3) is 10.4 Å². The highest BCUT2D eigenvalue weighted by Crippen LogP contribution is 2.42. The largest absolute Gasteiger partial charge is 0.388 e. The molecule has 0 amide bonds. The highest BCUT2D eigenvalue weighted by molar-refractivity contribution is 7.15. The third kappa shape index (κ3) is 2.61. The summed E-state index contributed by atoms with van der Waals surface area (Å²) in [5.41, 5.74) is 3.19. The number of aliphatic hydroxyl groups is 1. The van der Waals surface area contributed by atoms with Crippen molar-refractivity contribution in [2.24, 2.45) is 0 Å². The van der Waals surface area contributed by atoms with Gasteiger partial charge in [-0.3, -0.25) is 0 Å². The number of hydrogen-bond donors (Lipinski definition) is 1. The molecule has 0 spiro atoms. The predicted octanol–water partition coefficient (Wildman–Crippen LogP) is 4.16. The summed E-state index contributed by atoms with van der Waals surface area (Å²) in [5.74, 6) is -0.224. The minimum atomic E-state index is -0.463. The minimum Gasteiger partial charge on any atom is -0.388 e. The Bertz CT molecular complexity index is 677. The Kier molecular flexibility index (Phi) is 3.83. The lowest BCUT2D eigenvalue weighted by Gasteiger charge is -2.23. The molecule has 2 nitrogen and oxygen atoms in total. The van der Waals surface area contributed by atoms with E-state index in [-0.39, 0.29) is 5.82 Å². The Balaban J connectivity index is 2.16. The molecule has 1 unspecified atom stereocenters. The number of benzene rings is 1. The maximum atomic E-state index is 13.7. The zero-order valence-electron chi connectivity index (χ0n) is 12.0. The summed E-state index contributed by atoms with van der Waals surface area (Å²) in [5, 5.41) is 9.80. The van der Waals surface area contributed by atoms with Crippen molar-refractivity contribution in [1.82, 2.24) is 0 Å². The van der Waals surface area contributed by atoms with Crippen molar-refractivity contribution < 1.29 is 9.50 Å². The van der Waals surface area contributed by atoms with Crippen LogP contribution in [0.5, 0.6) is 0 Å². The number of hydrogen-bond acceptors (Lipinski definition) is 3. The Morgan fingerprint density at radius 2 is 2.29 bits per heavy atom. The van der Waals surface area contributed by atoms with Gasteiger partial charge in [-0.2, -0.15) is 0 Å². The third-order valence-electron chi connectivity index (χ3n) is 3.79. The number of halogens is 1. The lowest BCUT2D eigenvalue weighted by molar-refractivity contribution is 0.203. The maximum absolute atomic E-state index is 13.7. The van der Waals surface area contributed by atoms with E-state index in [0.29, 0.717) is 6.54 Å².